The molecule has 1 aliphatic heterocycles. The van der Waals surface area contributed by atoms with Crippen LogP contribution in [0.15, 0.2) is 97.1 Å². The number of allylic oxidation sites excluding steroid dienone is 1. The van der Waals surface area contributed by atoms with Gasteiger partial charge in [0.2, 0.25) is 5.62 Å². The van der Waals surface area contributed by atoms with Crippen LogP contribution in [0, 0.1) is 9.81 Å². The summed E-state index contributed by atoms with van der Waals surface area (Å²) >= 11 is 5.98. The Morgan fingerprint density at radius 2 is 1.71 bits per heavy atom. The van der Waals surface area contributed by atoms with Crippen LogP contribution in [0.4, 0.5) is 5.69 Å². The third-order valence-corrected chi connectivity index (χ3v) is 5.76. The molecule has 1 aliphatic rings. The van der Waals surface area contributed by atoms with Crippen molar-refractivity contribution in [3.63, 3.8) is 0 Å². The molecule has 196 valence electrons. The Balaban J connectivity index is 1.72. The first-order chi connectivity index (χ1) is 18.4. The molecule has 0 fully saturated rings. The van der Waals surface area contributed by atoms with E-state index in [0.29, 0.717) is 40.0 Å². The normalized spacial score (nSPS) is 13.3. The van der Waals surface area contributed by atoms with Gasteiger partial charge < -0.3 is 15.9 Å². The largest absolute Gasteiger partial charge is 0.458 e. The molecule has 2 heterocycles. The van der Waals surface area contributed by atoms with Gasteiger partial charge in [0.25, 0.3) is 0 Å². The molecule has 13 nitrogen and oxygen atoms in total. The highest BCUT2D eigenvalue weighted by atomic mass is 35.5. The van der Waals surface area contributed by atoms with Crippen molar-refractivity contribution < 1.29 is 4.74 Å². The number of halogens is 1. The van der Waals surface area contributed by atoms with Gasteiger partial charge >= 0.3 is 11.4 Å². The van der Waals surface area contributed by atoms with E-state index in [1.807, 2.05) is 6.08 Å². The summed E-state index contributed by atoms with van der Waals surface area (Å²) in [5.41, 5.74) is 0.119. The lowest BCUT2D eigenvalue weighted by atomic mass is 10.2. The van der Waals surface area contributed by atoms with E-state index in [0.717, 1.165) is 9.24 Å². The molecule has 3 N–H and O–H groups in total. The van der Waals surface area contributed by atoms with Crippen LogP contribution in [0.5, 0.6) is 5.75 Å². The predicted molar refractivity (Wildman–Crippen MR) is 141 cm³/mol. The van der Waals surface area contributed by atoms with Crippen molar-refractivity contribution in [3.05, 3.63) is 119 Å². The van der Waals surface area contributed by atoms with E-state index in [2.05, 4.69) is 20.7 Å². The van der Waals surface area contributed by atoms with E-state index < -0.39 is 11.4 Å². The van der Waals surface area contributed by atoms with Gasteiger partial charge in [0.1, 0.15) is 18.1 Å². The fourth-order valence-corrected chi connectivity index (χ4v) is 3.79. The standard InChI is InChI=1S/C24H23ClN8O5/c25-17-3-1-16(2-4-17)15-32-22(33(26)24(35)31(23(32)34)12-11-28-36)30-18-5-7-20(8-6-18)38-21-9-10-27-19(13-21)14-29-37/h1-9,13,27H,10-12,14-15,26H2/b30-22-. The number of nitrogens with zero attached hydrogens (tertiary/aromatic N) is 6. The van der Waals surface area contributed by atoms with Gasteiger partial charge in [-0.15, -0.1) is 0 Å². The Hall–Kier alpha value is -4.78. The first kappa shape index (κ1) is 26.3. The van der Waals surface area contributed by atoms with E-state index in [4.69, 9.17) is 22.2 Å². The molecule has 0 radical (unpaired) electrons. The van der Waals surface area contributed by atoms with Gasteiger partial charge in [0.15, 0.2) is 0 Å². The summed E-state index contributed by atoms with van der Waals surface area (Å²) in [6.45, 7) is 0.0487. The van der Waals surface area contributed by atoms with Crippen LogP contribution < -0.4 is 32.9 Å². The van der Waals surface area contributed by atoms with Gasteiger partial charge in [-0.1, -0.05) is 34.1 Å². The van der Waals surface area contributed by atoms with Crippen LogP contribution in [0.25, 0.3) is 0 Å². The van der Waals surface area contributed by atoms with Crippen molar-refractivity contribution in [3.8, 4) is 5.75 Å². The molecule has 0 amide bonds. The number of nitrogens with one attached hydrogen (secondary N) is 1. The Morgan fingerprint density at radius 3 is 2.39 bits per heavy atom. The smallest absolute Gasteiger partial charge is 0.353 e. The fraction of sp³-hybridized carbons (Fsp3) is 0.208. The summed E-state index contributed by atoms with van der Waals surface area (Å²) in [6.07, 6.45) is 3.50. The van der Waals surface area contributed by atoms with Crippen molar-refractivity contribution >= 4 is 17.3 Å². The number of hydrogen-bond donors (Lipinski definition) is 2. The van der Waals surface area contributed by atoms with Crippen molar-refractivity contribution in [1.82, 2.24) is 19.1 Å². The second kappa shape index (κ2) is 12.0. The number of hydrogen-bond acceptors (Lipinski definition) is 10. The number of nitroso groups, excluding NO2 is 2. The van der Waals surface area contributed by atoms with Gasteiger partial charge in [0.05, 0.1) is 25.3 Å². The molecule has 38 heavy (non-hydrogen) atoms. The van der Waals surface area contributed by atoms with Crippen molar-refractivity contribution in [2.24, 2.45) is 15.3 Å². The van der Waals surface area contributed by atoms with E-state index in [9.17, 15) is 19.4 Å². The maximum absolute atomic E-state index is 13.2. The molecule has 0 atom stereocenters. The lowest BCUT2D eigenvalue weighted by molar-refractivity contribution is 0.437. The van der Waals surface area contributed by atoms with Crippen molar-refractivity contribution in [2.45, 2.75) is 13.1 Å². The molecule has 0 saturated carbocycles. The zero-order valence-corrected chi connectivity index (χ0v) is 20.7. The number of rotatable bonds is 10. The first-order valence-corrected chi connectivity index (χ1v) is 11.8. The van der Waals surface area contributed by atoms with Gasteiger partial charge in [-0.25, -0.2) is 19.1 Å². The molecule has 0 unspecified atom stereocenters. The zero-order valence-electron chi connectivity index (χ0n) is 20.0. The van der Waals surface area contributed by atoms with Crippen LogP contribution >= 0.6 is 11.6 Å². The molecule has 4 rings (SSSR count). The number of nitrogen functional groups attached to an aromatic ring is 1. The van der Waals surface area contributed by atoms with E-state index >= 15 is 0 Å². The maximum Gasteiger partial charge on any atom is 0.353 e. The maximum atomic E-state index is 13.2. The van der Waals surface area contributed by atoms with Crippen molar-refractivity contribution in [1.29, 1.82) is 0 Å². The molecule has 0 saturated heterocycles. The van der Waals surface area contributed by atoms with Crippen LogP contribution in [0.1, 0.15) is 5.56 Å². The molecule has 1 aromatic heterocycles. The first-order valence-electron chi connectivity index (χ1n) is 11.4. The van der Waals surface area contributed by atoms with E-state index in [1.54, 1.807) is 54.6 Å². The SMILES string of the molecule is Nn1c(=O)n(CCN=O)c(=O)n(Cc2ccc(Cl)cc2)/c1=N/c1ccc(OC2=CCNC(CN=O)=C2)cc1. The average molecular weight is 539 g/mol. The Bertz CT molecular complexity index is 1580. The second-order valence-corrected chi connectivity index (χ2v) is 8.54. The highest BCUT2D eigenvalue weighted by Crippen LogP contribution is 2.21. The van der Waals surface area contributed by atoms with E-state index in [1.165, 1.54) is 4.57 Å². The van der Waals surface area contributed by atoms with Gasteiger partial charge in [-0.3, -0.25) is 4.57 Å². The average Bonchev–Trinajstić information content (AvgIpc) is 2.92. The summed E-state index contributed by atoms with van der Waals surface area (Å²) in [5, 5.41) is 9.15. The quantitative estimate of drug-likeness (QED) is 0.293. The topological polar surface area (TPSA) is 167 Å². The summed E-state index contributed by atoms with van der Waals surface area (Å²) in [7, 11) is 0. The number of benzene rings is 2. The highest BCUT2D eigenvalue weighted by molar-refractivity contribution is 6.30. The van der Waals surface area contributed by atoms with E-state index in [-0.39, 0.29) is 31.8 Å². The number of ether oxygens (including phenoxy) is 1. The molecular formula is C24H23ClN8O5. The minimum absolute atomic E-state index is 0.0137. The molecule has 3 aromatic rings. The minimum Gasteiger partial charge on any atom is -0.458 e. The predicted octanol–water partition coefficient (Wildman–Crippen LogP) is 1.74. The molecule has 0 bridgehead atoms. The van der Waals surface area contributed by atoms with Gasteiger partial charge in [-0.05, 0) is 48.0 Å². The van der Waals surface area contributed by atoms with Gasteiger partial charge in [0, 0.05) is 23.3 Å². The molecule has 14 heteroatoms. The van der Waals surface area contributed by atoms with Crippen molar-refractivity contribution in [2.75, 3.05) is 25.5 Å². The van der Waals surface area contributed by atoms with Crippen LogP contribution in [0.2, 0.25) is 5.02 Å². The third-order valence-electron chi connectivity index (χ3n) is 5.51. The third kappa shape index (κ3) is 6.13. The summed E-state index contributed by atoms with van der Waals surface area (Å²) < 4.78 is 8.65. The summed E-state index contributed by atoms with van der Waals surface area (Å²) in [6, 6.07) is 13.4. The Kier molecular flexibility index (Phi) is 8.28. The second-order valence-electron chi connectivity index (χ2n) is 8.10. The lowest BCUT2D eigenvalue weighted by Gasteiger charge is -2.15. The monoisotopic (exact) mass is 538 g/mol. The zero-order chi connectivity index (χ0) is 27.1. The van der Waals surface area contributed by atoms with Crippen LogP contribution in [-0.2, 0) is 13.1 Å². The van der Waals surface area contributed by atoms with Crippen LogP contribution in [-0.4, -0.2) is 33.4 Å². The van der Waals surface area contributed by atoms with Crippen LogP contribution in [0.3, 0.4) is 0 Å². The minimum atomic E-state index is -0.838. The molecule has 0 aliphatic carbocycles. The fourth-order valence-electron chi connectivity index (χ4n) is 3.66. The number of aromatic nitrogens is 3. The molecular weight excluding hydrogens is 516 g/mol. The summed E-state index contributed by atoms with van der Waals surface area (Å²) in [4.78, 5) is 51.7. The Morgan fingerprint density at radius 1 is 0.974 bits per heavy atom. The van der Waals surface area contributed by atoms with Gasteiger partial charge in [-0.2, -0.15) is 14.5 Å². The highest BCUT2D eigenvalue weighted by Gasteiger charge is 2.14. The molecule has 0 spiro atoms. The lowest BCUT2D eigenvalue weighted by Crippen LogP contribution is -2.57. The number of nitrogens with two attached hydrogens (primary N) is 1. The Labute approximate surface area is 220 Å². The molecule has 2 aromatic carbocycles. The number of dihydropyridines is 1. The summed E-state index contributed by atoms with van der Waals surface area (Å²) in [5.74, 6) is 7.12.